The number of aryl methyl sites for hydroxylation is 1. The summed E-state index contributed by atoms with van der Waals surface area (Å²) in [6, 6.07) is -0.977. The minimum atomic E-state index is -4.64. The smallest absolute Gasteiger partial charge is 0.436 e. The molecule has 0 radical (unpaired) electrons. The van der Waals surface area contributed by atoms with E-state index in [0.717, 1.165) is 17.7 Å². The van der Waals surface area contributed by atoms with Gasteiger partial charge in [-0.25, -0.2) is 4.79 Å². The lowest BCUT2D eigenvalue weighted by molar-refractivity contribution is -0.151. The minimum absolute atomic E-state index is 0.0566. The Bertz CT molecular complexity index is 1130. The van der Waals surface area contributed by atoms with Crippen LogP contribution in [-0.4, -0.2) is 67.3 Å². The number of carboxylic acid groups (broad SMARTS) is 1. The third kappa shape index (κ3) is 5.06. The van der Waals surface area contributed by atoms with E-state index in [0.29, 0.717) is 5.69 Å². The fraction of sp³-hybridized carbons (Fsp3) is 0.550. The van der Waals surface area contributed by atoms with Crippen LogP contribution in [0.25, 0.3) is 0 Å². The zero-order chi connectivity index (χ0) is 25.7. The Balaban J connectivity index is 1.41. The second-order valence-corrected chi connectivity index (χ2v) is 10.2. The van der Waals surface area contributed by atoms with Crippen molar-refractivity contribution < 1.29 is 42.2 Å². The van der Waals surface area contributed by atoms with Gasteiger partial charge in [-0.15, -0.1) is 11.8 Å². The van der Waals surface area contributed by atoms with Crippen molar-refractivity contribution in [2.24, 2.45) is 0 Å². The fourth-order valence-electron chi connectivity index (χ4n) is 3.99. The molecule has 4 rings (SSSR count). The third-order valence-electron chi connectivity index (χ3n) is 5.73. The van der Waals surface area contributed by atoms with Crippen LogP contribution >= 0.6 is 27.7 Å². The molecule has 3 aliphatic rings. The number of fused-ring (bicyclic) bond motifs is 1. The van der Waals surface area contributed by atoms with Gasteiger partial charge in [0.25, 0.3) is 5.91 Å². The molecular formula is C20H20BrF3N4O6S. The van der Waals surface area contributed by atoms with Crippen molar-refractivity contribution in [3.8, 4) is 0 Å². The largest absolute Gasteiger partial charge is 0.477 e. The second-order valence-electron chi connectivity index (χ2n) is 8.29. The summed E-state index contributed by atoms with van der Waals surface area (Å²) in [5.41, 5.74) is -0.652. The van der Waals surface area contributed by atoms with E-state index in [4.69, 9.17) is 4.74 Å². The summed E-state index contributed by atoms with van der Waals surface area (Å²) >= 11 is 4.21. The van der Waals surface area contributed by atoms with E-state index in [1.165, 1.54) is 23.4 Å². The number of ether oxygens (including phenoxy) is 1. The highest BCUT2D eigenvalue weighted by atomic mass is 79.9. The lowest BCUT2D eigenvalue weighted by atomic mass is 10.0. The molecule has 1 aromatic heterocycles. The maximum absolute atomic E-state index is 13.3. The topological polar surface area (TPSA) is 131 Å². The number of rotatable bonds is 8. The van der Waals surface area contributed by atoms with Crippen molar-refractivity contribution >= 4 is 51.4 Å². The molecule has 1 saturated carbocycles. The summed E-state index contributed by atoms with van der Waals surface area (Å²) in [6.45, 7) is 0.807. The standard InChI is InChI=1S/C20H20BrF3N4O6S/c1-8(29)34-6-10-7-35-18-13(17(31)28(18)15(10)19(32)33)25-11(30)4-5-27-14(9-2-3-9)12(21)16(26-27)20(22,23)24/h9,13,18H,2-7H2,1H3,(H,25,30)(H,32,33)/t13-,18+/m1/s1. The molecular weight excluding hydrogens is 561 g/mol. The monoisotopic (exact) mass is 580 g/mol. The summed E-state index contributed by atoms with van der Waals surface area (Å²) in [5, 5.41) is 15.1. The number of amides is 2. The lowest BCUT2D eigenvalue weighted by Gasteiger charge is -2.49. The summed E-state index contributed by atoms with van der Waals surface area (Å²) in [5.74, 6) is -3.02. The molecule has 0 unspecified atom stereocenters. The van der Waals surface area contributed by atoms with Crippen LogP contribution in [-0.2, 0) is 36.6 Å². The van der Waals surface area contributed by atoms with Crippen LogP contribution in [0.5, 0.6) is 0 Å². The number of halogens is 4. The van der Waals surface area contributed by atoms with E-state index < -0.39 is 47.0 Å². The van der Waals surface area contributed by atoms with Gasteiger partial charge in [-0.05, 0) is 28.8 Å². The number of aliphatic carboxylic acids is 1. The van der Waals surface area contributed by atoms with Gasteiger partial charge in [0, 0.05) is 30.6 Å². The number of hydrogen-bond acceptors (Lipinski definition) is 7. The Morgan fingerprint density at radius 3 is 2.57 bits per heavy atom. The highest BCUT2D eigenvalue weighted by Gasteiger charge is 2.54. The first-order valence-electron chi connectivity index (χ1n) is 10.6. The average molecular weight is 581 g/mol. The van der Waals surface area contributed by atoms with Crippen molar-refractivity contribution in [3.05, 3.63) is 27.1 Å². The lowest BCUT2D eigenvalue weighted by Crippen LogP contribution is -2.70. The van der Waals surface area contributed by atoms with Gasteiger partial charge in [0.15, 0.2) is 5.69 Å². The van der Waals surface area contributed by atoms with E-state index in [9.17, 15) is 37.5 Å². The van der Waals surface area contributed by atoms with Crippen LogP contribution in [0, 0.1) is 0 Å². The number of carbonyl (C=O) groups is 4. The molecule has 10 nitrogen and oxygen atoms in total. The third-order valence-corrected chi connectivity index (χ3v) is 7.85. The van der Waals surface area contributed by atoms with E-state index in [1.54, 1.807) is 0 Å². The number of nitrogens with zero attached hydrogens (tertiary/aromatic N) is 3. The molecule has 1 aromatic rings. The van der Waals surface area contributed by atoms with Gasteiger partial charge in [-0.1, -0.05) is 0 Å². The second kappa shape index (κ2) is 9.48. The SMILES string of the molecule is CC(=O)OCC1=C(C(=O)O)N2C(=O)[C@@H](NC(=O)CCn3nc(C(F)(F)F)c(Br)c3C3CC3)[C@@H]2SC1. The van der Waals surface area contributed by atoms with Gasteiger partial charge in [-0.3, -0.25) is 24.0 Å². The normalized spacial score (nSPS) is 22.0. The van der Waals surface area contributed by atoms with Crippen LogP contribution in [0.4, 0.5) is 13.2 Å². The quantitative estimate of drug-likeness (QED) is 0.353. The van der Waals surface area contributed by atoms with Gasteiger partial charge in [0.1, 0.15) is 23.7 Å². The van der Waals surface area contributed by atoms with E-state index in [-0.39, 0.29) is 47.0 Å². The number of aromatic nitrogens is 2. The van der Waals surface area contributed by atoms with E-state index in [2.05, 4.69) is 26.3 Å². The number of thioether (sulfide) groups is 1. The Labute approximate surface area is 209 Å². The van der Waals surface area contributed by atoms with Crippen LogP contribution in [0.1, 0.15) is 43.5 Å². The highest BCUT2D eigenvalue weighted by molar-refractivity contribution is 9.10. The van der Waals surface area contributed by atoms with Crippen molar-refractivity contribution in [1.82, 2.24) is 20.0 Å². The molecule has 2 fully saturated rings. The Morgan fingerprint density at radius 1 is 1.31 bits per heavy atom. The molecule has 1 saturated heterocycles. The van der Waals surface area contributed by atoms with Crippen LogP contribution in [0.2, 0.25) is 0 Å². The summed E-state index contributed by atoms with van der Waals surface area (Å²) in [6.07, 6.45) is -3.39. The van der Waals surface area contributed by atoms with Crippen LogP contribution in [0.15, 0.2) is 15.7 Å². The van der Waals surface area contributed by atoms with Gasteiger partial charge in [0.2, 0.25) is 5.91 Å². The molecule has 2 N–H and O–H groups in total. The zero-order valence-electron chi connectivity index (χ0n) is 18.2. The molecule has 3 heterocycles. The molecule has 35 heavy (non-hydrogen) atoms. The average Bonchev–Trinajstić information content (AvgIpc) is 3.55. The number of hydrogen-bond donors (Lipinski definition) is 2. The molecule has 190 valence electrons. The number of carboxylic acids is 1. The first kappa shape index (κ1) is 25.5. The van der Waals surface area contributed by atoms with Crippen molar-refractivity contribution in [3.63, 3.8) is 0 Å². The number of esters is 1. The molecule has 0 spiro atoms. The molecule has 2 atom stereocenters. The Hall–Kier alpha value is -2.55. The predicted octanol–water partition coefficient (Wildman–Crippen LogP) is 2.23. The Kier molecular flexibility index (Phi) is 6.92. The van der Waals surface area contributed by atoms with Gasteiger partial charge in [-0.2, -0.15) is 18.3 Å². The molecule has 2 aliphatic heterocycles. The Morgan fingerprint density at radius 2 is 2.00 bits per heavy atom. The van der Waals surface area contributed by atoms with Gasteiger partial charge in [0.05, 0.1) is 16.7 Å². The summed E-state index contributed by atoms with van der Waals surface area (Å²) < 4.78 is 45.7. The number of nitrogens with one attached hydrogen (secondary N) is 1. The summed E-state index contributed by atoms with van der Waals surface area (Å²) in [7, 11) is 0. The van der Waals surface area contributed by atoms with Gasteiger partial charge < -0.3 is 15.2 Å². The first-order chi connectivity index (χ1) is 16.4. The molecule has 15 heteroatoms. The van der Waals surface area contributed by atoms with Crippen LogP contribution in [0.3, 0.4) is 0 Å². The minimum Gasteiger partial charge on any atom is -0.477 e. The summed E-state index contributed by atoms with van der Waals surface area (Å²) in [4.78, 5) is 49.0. The first-order valence-corrected chi connectivity index (χ1v) is 12.4. The number of β-lactam (4-membered cyclic amide) rings is 1. The maximum Gasteiger partial charge on any atom is 0.436 e. The van der Waals surface area contributed by atoms with Crippen molar-refractivity contribution in [1.29, 1.82) is 0 Å². The number of carbonyl (C=O) groups excluding carboxylic acids is 3. The molecule has 2 amide bonds. The van der Waals surface area contributed by atoms with Crippen molar-refractivity contribution in [2.45, 2.75) is 56.2 Å². The molecule has 0 bridgehead atoms. The van der Waals surface area contributed by atoms with E-state index >= 15 is 0 Å². The number of alkyl halides is 3. The maximum atomic E-state index is 13.3. The van der Waals surface area contributed by atoms with Gasteiger partial charge >= 0.3 is 18.1 Å². The molecule has 0 aromatic carbocycles. The zero-order valence-corrected chi connectivity index (χ0v) is 20.6. The molecule has 1 aliphatic carbocycles. The predicted molar refractivity (Wildman–Crippen MR) is 118 cm³/mol. The van der Waals surface area contributed by atoms with Crippen molar-refractivity contribution in [2.75, 3.05) is 12.4 Å². The van der Waals surface area contributed by atoms with E-state index in [1.807, 2.05) is 0 Å². The fourth-order valence-corrected chi connectivity index (χ4v) is 6.15. The van der Waals surface area contributed by atoms with Crippen LogP contribution < -0.4 is 5.32 Å². The highest BCUT2D eigenvalue weighted by Crippen LogP contribution is 2.47.